The van der Waals surface area contributed by atoms with Crippen LogP contribution in [-0.4, -0.2) is 26.4 Å². The molecule has 5 nitrogen and oxygen atoms in total. The van der Waals surface area contributed by atoms with E-state index >= 15 is 0 Å². The van der Waals surface area contributed by atoms with Crippen molar-refractivity contribution in [3.05, 3.63) is 64.9 Å². The van der Waals surface area contributed by atoms with Gasteiger partial charge in [-0.15, -0.1) is 10.2 Å². The third-order valence-corrected chi connectivity index (χ3v) is 5.97. The molecule has 1 aromatic heterocycles. The smallest absolute Gasteiger partial charge is 0.230 e. The minimum Gasteiger partial charge on any atom is -0.349 e. The van der Waals surface area contributed by atoms with E-state index in [1.165, 1.54) is 17.8 Å². The molecule has 0 aliphatic heterocycles. The van der Waals surface area contributed by atoms with E-state index in [0.29, 0.717) is 21.6 Å². The normalized spacial score (nSPS) is 14.6. The van der Waals surface area contributed by atoms with Gasteiger partial charge >= 0.3 is 0 Å². The molecule has 3 aromatic rings. The van der Waals surface area contributed by atoms with Gasteiger partial charge in [0, 0.05) is 11.1 Å². The number of benzene rings is 2. The number of amides is 1. The Labute approximate surface area is 177 Å². The number of thioether (sulfide) groups is 1. The van der Waals surface area contributed by atoms with Crippen molar-refractivity contribution in [1.82, 2.24) is 20.1 Å². The van der Waals surface area contributed by atoms with Crippen LogP contribution in [0, 0.1) is 5.82 Å². The monoisotopic (exact) mass is 430 g/mol. The molecule has 1 unspecified atom stereocenters. The number of carbonyl (C=O) groups is 1. The standard InChI is InChI=1S/C21H20ClFN4OS/c1-13(14-6-8-15(22)9-7-14)24-19(28)12-29-21-26-25-20(27(21)16-10-11-16)17-4-2-3-5-18(17)23/h2-9,13,16H,10-12H2,1H3,(H,24,28). The molecular formula is C21H20ClFN4OS. The molecule has 1 aliphatic rings. The van der Waals surface area contributed by atoms with Gasteiger partial charge in [-0.3, -0.25) is 9.36 Å². The highest BCUT2D eigenvalue weighted by Crippen LogP contribution is 2.41. The minimum absolute atomic E-state index is 0.102. The van der Waals surface area contributed by atoms with E-state index in [1.54, 1.807) is 30.3 Å². The zero-order chi connectivity index (χ0) is 20.4. The Kier molecular flexibility index (Phi) is 5.87. The van der Waals surface area contributed by atoms with Gasteiger partial charge in [-0.05, 0) is 49.6 Å². The number of nitrogens with zero attached hydrogens (tertiary/aromatic N) is 3. The maximum Gasteiger partial charge on any atom is 0.230 e. The van der Waals surface area contributed by atoms with Crippen molar-refractivity contribution in [2.24, 2.45) is 0 Å². The summed E-state index contributed by atoms with van der Waals surface area (Å²) in [6, 6.07) is 14.1. The van der Waals surface area contributed by atoms with Crippen LogP contribution >= 0.6 is 23.4 Å². The second kappa shape index (κ2) is 8.55. The summed E-state index contributed by atoms with van der Waals surface area (Å²) in [4.78, 5) is 12.4. The zero-order valence-corrected chi connectivity index (χ0v) is 17.4. The van der Waals surface area contributed by atoms with Crippen LogP contribution in [0.3, 0.4) is 0 Å². The molecular weight excluding hydrogens is 411 g/mol. The highest BCUT2D eigenvalue weighted by atomic mass is 35.5. The maximum absolute atomic E-state index is 14.2. The Hall–Kier alpha value is -2.38. The van der Waals surface area contributed by atoms with Crippen LogP contribution in [0.2, 0.25) is 5.02 Å². The number of carbonyl (C=O) groups excluding carboxylic acids is 1. The Morgan fingerprint density at radius 3 is 2.66 bits per heavy atom. The predicted molar refractivity (Wildman–Crippen MR) is 112 cm³/mol. The number of nitrogens with one attached hydrogen (secondary N) is 1. The molecule has 1 amide bonds. The summed E-state index contributed by atoms with van der Waals surface area (Å²) in [6.45, 7) is 1.93. The van der Waals surface area contributed by atoms with Gasteiger partial charge in [0.05, 0.1) is 17.4 Å². The van der Waals surface area contributed by atoms with Gasteiger partial charge in [-0.2, -0.15) is 0 Å². The Morgan fingerprint density at radius 1 is 1.24 bits per heavy atom. The van der Waals surface area contributed by atoms with Crippen molar-refractivity contribution in [3.8, 4) is 11.4 Å². The lowest BCUT2D eigenvalue weighted by Crippen LogP contribution is -2.28. The summed E-state index contributed by atoms with van der Waals surface area (Å²) >= 11 is 7.23. The second-order valence-corrected chi connectivity index (χ2v) is 8.40. The van der Waals surface area contributed by atoms with Gasteiger partial charge in [0.25, 0.3) is 0 Å². The Morgan fingerprint density at radius 2 is 1.97 bits per heavy atom. The largest absolute Gasteiger partial charge is 0.349 e. The topological polar surface area (TPSA) is 59.8 Å². The van der Waals surface area contributed by atoms with Crippen molar-refractivity contribution >= 4 is 29.3 Å². The fraction of sp³-hybridized carbons (Fsp3) is 0.286. The Balaban J connectivity index is 1.44. The van der Waals surface area contributed by atoms with Crippen LogP contribution in [0.25, 0.3) is 11.4 Å². The molecule has 29 heavy (non-hydrogen) atoms. The first kappa shape index (κ1) is 19.9. The molecule has 1 aliphatic carbocycles. The molecule has 1 atom stereocenters. The van der Waals surface area contributed by atoms with Crippen molar-refractivity contribution < 1.29 is 9.18 Å². The average molecular weight is 431 g/mol. The minimum atomic E-state index is -0.326. The molecule has 8 heteroatoms. The summed E-state index contributed by atoms with van der Waals surface area (Å²) in [7, 11) is 0. The SMILES string of the molecule is CC(NC(=O)CSc1nnc(-c2ccccc2F)n1C1CC1)c1ccc(Cl)cc1. The van der Waals surface area contributed by atoms with Gasteiger partial charge < -0.3 is 5.32 Å². The summed E-state index contributed by atoms with van der Waals surface area (Å²) in [5.41, 5.74) is 1.41. The van der Waals surface area contributed by atoms with E-state index in [-0.39, 0.29) is 29.6 Å². The number of hydrogen-bond acceptors (Lipinski definition) is 4. The van der Waals surface area contributed by atoms with Crippen molar-refractivity contribution in [3.63, 3.8) is 0 Å². The van der Waals surface area contributed by atoms with Gasteiger partial charge in [0.15, 0.2) is 11.0 Å². The van der Waals surface area contributed by atoms with Crippen LogP contribution < -0.4 is 5.32 Å². The highest BCUT2D eigenvalue weighted by molar-refractivity contribution is 7.99. The lowest BCUT2D eigenvalue weighted by atomic mass is 10.1. The number of halogens is 2. The fourth-order valence-corrected chi connectivity index (χ4v) is 4.05. The molecule has 4 rings (SSSR count). The van der Waals surface area contributed by atoms with Crippen LogP contribution in [0.1, 0.15) is 37.4 Å². The first-order valence-electron chi connectivity index (χ1n) is 9.40. The second-order valence-electron chi connectivity index (χ2n) is 7.02. The van der Waals surface area contributed by atoms with E-state index in [2.05, 4.69) is 15.5 Å². The molecule has 0 spiro atoms. The quantitative estimate of drug-likeness (QED) is 0.533. The third kappa shape index (κ3) is 4.62. The third-order valence-electron chi connectivity index (χ3n) is 4.77. The summed E-state index contributed by atoms with van der Waals surface area (Å²) < 4.78 is 16.2. The number of hydrogen-bond donors (Lipinski definition) is 1. The lowest BCUT2D eigenvalue weighted by Gasteiger charge is -2.14. The molecule has 1 heterocycles. The molecule has 1 fully saturated rings. The first-order valence-corrected chi connectivity index (χ1v) is 10.8. The van der Waals surface area contributed by atoms with Gasteiger partial charge in [0.2, 0.25) is 5.91 Å². The van der Waals surface area contributed by atoms with E-state index in [0.717, 1.165) is 18.4 Å². The van der Waals surface area contributed by atoms with Crippen LogP contribution in [-0.2, 0) is 4.79 Å². The summed E-state index contributed by atoms with van der Waals surface area (Å²) in [5.74, 6) is 0.297. The molecule has 0 radical (unpaired) electrons. The van der Waals surface area contributed by atoms with Gasteiger partial charge in [0.1, 0.15) is 5.82 Å². The van der Waals surface area contributed by atoms with Gasteiger partial charge in [-0.1, -0.05) is 47.6 Å². The van der Waals surface area contributed by atoms with Crippen LogP contribution in [0.15, 0.2) is 53.7 Å². The zero-order valence-electron chi connectivity index (χ0n) is 15.8. The molecule has 2 aromatic carbocycles. The van der Waals surface area contributed by atoms with E-state index in [9.17, 15) is 9.18 Å². The molecule has 150 valence electrons. The fourth-order valence-electron chi connectivity index (χ4n) is 3.11. The molecule has 0 saturated heterocycles. The number of rotatable bonds is 7. The predicted octanol–water partition coefficient (Wildman–Crippen LogP) is 5.04. The summed E-state index contributed by atoms with van der Waals surface area (Å²) in [6.07, 6.45) is 2.01. The van der Waals surface area contributed by atoms with E-state index in [4.69, 9.17) is 11.6 Å². The van der Waals surface area contributed by atoms with Crippen molar-refractivity contribution in [1.29, 1.82) is 0 Å². The molecule has 1 saturated carbocycles. The number of aromatic nitrogens is 3. The lowest BCUT2D eigenvalue weighted by molar-refractivity contribution is -0.119. The first-order chi connectivity index (χ1) is 14.0. The van der Waals surface area contributed by atoms with Gasteiger partial charge in [-0.25, -0.2) is 4.39 Å². The summed E-state index contributed by atoms with van der Waals surface area (Å²) in [5, 5.41) is 12.7. The maximum atomic E-state index is 14.2. The van der Waals surface area contributed by atoms with E-state index in [1.807, 2.05) is 23.6 Å². The molecule has 1 N–H and O–H groups in total. The van der Waals surface area contributed by atoms with Crippen molar-refractivity contribution in [2.75, 3.05) is 5.75 Å². The van der Waals surface area contributed by atoms with E-state index < -0.39 is 0 Å². The van der Waals surface area contributed by atoms with Crippen LogP contribution in [0.4, 0.5) is 4.39 Å². The van der Waals surface area contributed by atoms with Crippen LogP contribution in [0.5, 0.6) is 0 Å². The van der Waals surface area contributed by atoms with Crippen molar-refractivity contribution in [2.45, 2.75) is 37.0 Å². The average Bonchev–Trinajstić information content (AvgIpc) is 3.46. The molecule has 0 bridgehead atoms. The highest BCUT2D eigenvalue weighted by Gasteiger charge is 2.31. The Bertz CT molecular complexity index is 1020.